The number of hydrogen-bond donors (Lipinski definition) is 6. The summed E-state index contributed by atoms with van der Waals surface area (Å²) in [7, 11) is 0. The smallest absolute Gasteiger partial charge is 0.344 e. The molecule has 9 heteroatoms. The van der Waals surface area contributed by atoms with Crippen molar-refractivity contribution in [2.75, 3.05) is 0 Å². The molecule has 31 heavy (non-hydrogen) atoms. The van der Waals surface area contributed by atoms with Crippen LogP contribution in [-0.4, -0.2) is 36.7 Å². The van der Waals surface area contributed by atoms with Crippen LogP contribution in [0.2, 0.25) is 0 Å². The number of ether oxygens (including phenoxy) is 1. The Morgan fingerprint density at radius 2 is 1.48 bits per heavy atom. The molecule has 0 saturated heterocycles. The van der Waals surface area contributed by atoms with Crippen LogP contribution >= 0.6 is 0 Å². The largest absolute Gasteiger partial charge is 0.507 e. The molecule has 0 fully saturated rings. The van der Waals surface area contributed by atoms with Gasteiger partial charge in [-0.05, 0) is 29.8 Å². The van der Waals surface area contributed by atoms with E-state index in [2.05, 4.69) is 0 Å². The molecule has 1 aliphatic rings. The normalized spacial score (nSPS) is 18.1. The Balaban J connectivity index is 1.80. The van der Waals surface area contributed by atoms with Crippen LogP contribution in [0.25, 0.3) is 21.7 Å². The van der Waals surface area contributed by atoms with Crippen molar-refractivity contribution in [3.05, 3.63) is 57.9 Å². The van der Waals surface area contributed by atoms with E-state index in [4.69, 9.17) is 9.15 Å². The first-order chi connectivity index (χ1) is 14.7. The lowest BCUT2D eigenvalue weighted by Gasteiger charge is -2.32. The van der Waals surface area contributed by atoms with Gasteiger partial charge in [0.1, 0.15) is 23.2 Å². The second-order valence-corrected chi connectivity index (χ2v) is 7.41. The Hall–Kier alpha value is -4.11. The highest BCUT2D eigenvalue weighted by atomic mass is 16.5. The first-order valence-electron chi connectivity index (χ1n) is 9.28. The Morgan fingerprint density at radius 1 is 0.806 bits per heavy atom. The second kappa shape index (κ2) is 6.44. The van der Waals surface area contributed by atoms with E-state index >= 15 is 0 Å². The highest BCUT2D eigenvalue weighted by Crippen LogP contribution is 2.47. The van der Waals surface area contributed by atoms with Crippen LogP contribution in [0.3, 0.4) is 0 Å². The van der Waals surface area contributed by atoms with Crippen molar-refractivity contribution < 1.29 is 39.8 Å². The summed E-state index contributed by atoms with van der Waals surface area (Å²) < 4.78 is 11.3. The van der Waals surface area contributed by atoms with E-state index in [1.165, 1.54) is 30.3 Å². The minimum absolute atomic E-state index is 0.00996. The van der Waals surface area contributed by atoms with Gasteiger partial charge in [0.05, 0.1) is 16.9 Å². The maximum absolute atomic E-state index is 12.4. The standard InChI is InChI=1S/C22H16O9/c23-12-2-1-8(3-14(12)25)20-17(28)6-11-13(24)7-18-19(21(11)31-20)9-4-15(26)16(27)5-10(9)22(29)30-18/h1-5,7,17,20,23-28H,6H2. The zero-order valence-electron chi connectivity index (χ0n) is 15.7. The van der Waals surface area contributed by atoms with Crippen LogP contribution in [0.1, 0.15) is 17.2 Å². The third kappa shape index (κ3) is 2.78. The van der Waals surface area contributed by atoms with Crippen molar-refractivity contribution in [2.45, 2.75) is 18.6 Å². The first kappa shape index (κ1) is 18.9. The van der Waals surface area contributed by atoms with Gasteiger partial charge in [0.15, 0.2) is 23.0 Å². The van der Waals surface area contributed by atoms with Crippen LogP contribution in [0.5, 0.6) is 34.5 Å². The summed E-state index contributed by atoms with van der Waals surface area (Å²) in [5, 5.41) is 60.7. The Labute approximate surface area is 173 Å². The Kier molecular flexibility index (Phi) is 3.93. The Bertz CT molecular complexity index is 1440. The van der Waals surface area contributed by atoms with Gasteiger partial charge < -0.3 is 39.8 Å². The predicted molar refractivity (Wildman–Crippen MR) is 108 cm³/mol. The molecular weight excluding hydrogens is 408 g/mol. The van der Waals surface area contributed by atoms with Crippen molar-refractivity contribution in [1.29, 1.82) is 0 Å². The topological polar surface area (TPSA) is 161 Å². The van der Waals surface area contributed by atoms with E-state index in [-0.39, 0.29) is 51.0 Å². The fourth-order valence-corrected chi connectivity index (χ4v) is 3.96. The molecule has 2 atom stereocenters. The van der Waals surface area contributed by atoms with Gasteiger partial charge in [-0.15, -0.1) is 0 Å². The van der Waals surface area contributed by atoms with Gasteiger partial charge in [0.2, 0.25) is 0 Å². The fourth-order valence-electron chi connectivity index (χ4n) is 3.96. The molecule has 3 aromatic carbocycles. The van der Waals surface area contributed by atoms with Crippen LogP contribution < -0.4 is 10.4 Å². The van der Waals surface area contributed by atoms with E-state index in [9.17, 15) is 35.4 Å². The van der Waals surface area contributed by atoms with Crippen LogP contribution in [0.15, 0.2) is 45.6 Å². The van der Waals surface area contributed by atoms with Crippen LogP contribution in [0, 0.1) is 0 Å². The number of hydrogen-bond acceptors (Lipinski definition) is 9. The summed E-state index contributed by atoms with van der Waals surface area (Å²) in [6.07, 6.45) is -2.09. The summed E-state index contributed by atoms with van der Waals surface area (Å²) in [5.41, 5.74) is -0.162. The molecule has 0 bridgehead atoms. The lowest BCUT2D eigenvalue weighted by molar-refractivity contribution is 0.0211. The zero-order chi connectivity index (χ0) is 22.0. The minimum atomic E-state index is -1.10. The fraction of sp³-hybridized carbons (Fsp3) is 0.136. The van der Waals surface area contributed by atoms with Gasteiger partial charge in [0, 0.05) is 23.4 Å². The van der Waals surface area contributed by atoms with Crippen molar-refractivity contribution in [3.8, 4) is 34.5 Å². The summed E-state index contributed by atoms with van der Waals surface area (Å²) in [6.45, 7) is 0. The highest BCUT2D eigenvalue weighted by Gasteiger charge is 2.34. The monoisotopic (exact) mass is 424 g/mol. The Morgan fingerprint density at radius 3 is 2.19 bits per heavy atom. The lowest BCUT2D eigenvalue weighted by atomic mass is 9.91. The van der Waals surface area contributed by atoms with Crippen molar-refractivity contribution in [3.63, 3.8) is 0 Å². The van der Waals surface area contributed by atoms with Gasteiger partial charge in [-0.1, -0.05) is 6.07 Å². The average molecular weight is 424 g/mol. The van der Waals surface area contributed by atoms with E-state index in [1.807, 2.05) is 0 Å². The molecule has 0 aliphatic carbocycles. The zero-order valence-corrected chi connectivity index (χ0v) is 15.7. The lowest BCUT2D eigenvalue weighted by Crippen LogP contribution is -2.30. The van der Waals surface area contributed by atoms with Gasteiger partial charge in [-0.3, -0.25) is 0 Å². The summed E-state index contributed by atoms with van der Waals surface area (Å²) in [5.74, 6) is -1.81. The number of rotatable bonds is 1. The molecule has 0 spiro atoms. The maximum Gasteiger partial charge on any atom is 0.344 e. The third-order valence-corrected chi connectivity index (χ3v) is 5.47. The third-order valence-electron chi connectivity index (χ3n) is 5.47. The predicted octanol–water partition coefficient (Wildman–Crippen LogP) is 2.51. The van der Waals surface area contributed by atoms with E-state index in [0.29, 0.717) is 5.56 Å². The molecule has 9 nitrogen and oxygen atoms in total. The summed E-state index contributed by atoms with van der Waals surface area (Å²) in [6, 6.07) is 7.47. The SMILES string of the molecule is O=c1oc2cc(O)c3c(c2c2cc(O)c(O)cc12)OC(c1ccc(O)c(O)c1)C(O)C3. The van der Waals surface area contributed by atoms with E-state index in [0.717, 1.165) is 6.07 Å². The van der Waals surface area contributed by atoms with Crippen molar-refractivity contribution in [2.24, 2.45) is 0 Å². The summed E-state index contributed by atoms with van der Waals surface area (Å²) in [4.78, 5) is 12.4. The molecule has 1 aromatic heterocycles. The molecule has 158 valence electrons. The van der Waals surface area contributed by atoms with Gasteiger partial charge in [0.25, 0.3) is 0 Å². The molecule has 2 heterocycles. The molecule has 0 amide bonds. The van der Waals surface area contributed by atoms with Crippen molar-refractivity contribution >= 4 is 21.7 Å². The number of aliphatic hydroxyl groups is 1. The van der Waals surface area contributed by atoms with Gasteiger partial charge in [-0.2, -0.15) is 0 Å². The highest BCUT2D eigenvalue weighted by molar-refractivity contribution is 6.09. The van der Waals surface area contributed by atoms with Crippen molar-refractivity contribution in [1.82, 2.24) is 0 Å². The van der Waals surface area contributed by atoms with Gasteiger partial charge in [-0.25, -0.2) is 4.79 Å². The number of phenols is 5. The number of phenolic OH excluding ortho intramolecular Hbond substituents is 5. The molecule has 1 aliphatic heterocycles. The summed E-state index contributed by atoms with van der Waals surface area (Å²) >= 11 is 0. The van der Waals surface area contributed by atoms with Crippen LogP contribution in [0.4, 0.5) is 0 Å². The molecule has 5 rings (SSSR count). The quantitative estimate of drug-likeness (QED) is 0.153. The molecule has 0 saturated carbocycles. The number of fused-ring (bicyclic) bond motifs is 5. The first-order valence-corrected chi connectivity index (χ1v) is 9.28. The molecule has 2 unspecified atom stereocenters. The number of aromatic hydroxyl groups is 5. The maximum atomic E-state index is 12.4. The van der Waals surface area contributed by atoms with E-state index < -0.39 is 35.1 Å². The minimum Gasteiger partial charge on any atom is -0.507 e. The number of benzene rings is 3. The number of aliphatic hydroxyl groups excluding tert-OH is 1. The van der Waals surface area contributed by atoms with Gasteiger partial charge >= 0.3 is 5.63 Å². The molecule has 6 N–H and O–H groups in total. The second-order valence-electron chi connectivity index (χ2n) is 7.41. The molecular formula is C22H16O9. The average Bonchev–Trinajstić information content (AvgIpc) is 2.72. The van der Waals surface area contributed by atoms with Crippen LogP contribution in [-0.2, 0) is 6.42 Å². The molecule has 4 aromatic rings. The molecule has 0 radical (unpaired) electrons. The van der Waals surface area contributed by atoms with E-state index in [1.54, 1.807) is 0 Å².